The van der Waals surface area contributed by atoms with E-state index in [1.54, 1.807) is 19.1 Å². The molecule has 0 aromatic heterocycles. The highest BCUT2D eigenvalue weighted by molar-refractivity contribution is 6.22. The highest BCUT2D eigenvalue weighted by Crippen LogP contribution is 2.32. The lowest BCUT2D eigenvalue weighted by Gasteiger charge is -2.22. The number of nitrogens with zero attached hydrogens (tertiary/aromatic N) is 1. The van der Waals surface area contributed by atoms with Gasteiger partial charge in [0.2, 0.25) is 0 Å². The fourth-order valence-corrected chi connectivity index (χ4v) is 3.61. The summed E-state index contributed by atoms with van der Waals surface area (Å²) in [6.07, 6.45) is 0. The number of anilines is 1. The van der Waals surface area contributed by atoms with Crippen molar-refractivity contribution >= 4 is 29.4 Å². The lowest BCUT2D eigenvalue weighted by molar-refractivity contribution is 0.0593. The van der Waals surface area contributed by atoms with Crippen LogP contribution in [0.2, 0.25) is 0 Å². The number of nitrogens with one attached hydrogen (secondary N) is 1. The summed E-state index contributed by atoms with van der Waals surface area (Å²) in [6, 6.07) is 19.0. The van der Waals surface area contributed by atoms with E-state index < -0.39 is 29.7 Å². The van der Waals surface area contributed by atoms with Gasteiger partial charge in [-0.15, -0.1) is 0 Å². The van der Waals surface area contributed by atoms with Gasteiger partial charge in [0.25, 0.3) is 17.7 Å². The Kier molecular flexibility index (Phi) is 5.09. The number of para-hydroxylation sites is 1. The fourth-order valence-electron chi connectivity index (χ4n) is 3.61. The van der Waals surface area contributed by atoms with E-state index in [9.17, 15) is 24.3 Å². The average Bonchev–Trinajstić information content (AvgIpc) is 3.03. The Labute approximate surface area is 177 Å². The molecule has 7 nitrogen and oxygen atoms in total. The molecule has 4 rings (SSSR count). The number of aromatic carboxylic acids is 1. The Morgan fingerprint density at radius 3 is 2.23 bits per heavy atom. The first kappa shape index (κ1) is 20.0. The monoisotopic (exact) mass is 414 g/mol. The Bertz CT molecular complexity index is 1220. The molecular weight excluding hydrogens is 396 g/mol. The molecule has 31 heavy (non-hydrogen) atoms. The largest absolute Gasteiger partial charge is 0.478 e. The number of fused-ring (bicyclic) bond motifs is 1. The maximum absolute atomic E-state index is 13.0. The molecular formula is C24H18N2O5. The maximum Gasteiger partial charge on any atom is 0.337 e. The van der Waals surface area contributed by atoms with E-state index in [-0.39, 0.29) is 27.9 Å². The fraction of sp³-hybridized carbons (Fsp3) is 0.0833. The minimum Gasteiger partial charge on any atom is -0.478 e. The van der Waals surface area contributed by atoms with E-state index in [4.69, 9.17) is 0 Å². The molecule has 0 saturated carbocycles. The molecule has 0 bridgehead atoms. The van der Waals surface area contributed by atoms with E-state index >= 15 is 0 Å². The van der Waals surface area contributed by atoms with Crippen LogP contribution in [0.4, 0.5) is 5.69 Å². The number of imide groups is 1. The van der Waals surface area contributed by atoms with E-state index in [2.05, 4.69) is 5.32 Å². The third kappa shape index (κ3) is 3.57. The van der Waals surface area contributed by atoms with E-state index in [1.807, 2.05) is 30.3 Å². The first-order chi connectivity index (χ1) is 14.9. The van der Waals surface area contributed by atoms with Crippen LogP contribution in [0.25, 0.3) is 0 Å². The van der Waals surface area contributed by atoms with Crippen LogP contribution in [0.1, 0.15) is 60.0 Å². The number of carbonyl (C=O) groups is 4. The number of carboxylic acid groups (broad SMARTS) is 1. The summed E-state index contributed by atoms with van der Waals surface area (Å²) in [5.74, 6) is -2.64. The first-order valence-electron chi connectivity index (χ1n) is 9.59. The van der Waals surface area contributed by atoms with Crippen LogP contribution in [0, 0.1) is 0 Å². The zero-order valence-corrected chi connectivity index (χ0v) is 16.5. The zero-order valence-electron chi connectivity index (χ0n) is 16.5. The van der Waals surface area contributed by atoms with Crippen LogP contribution in [0.15, 0.2) is 72.8 Å². The number of hydrogen-bond acceptors (Lipinski definition) is 4. The predicted molar refractivity (Wildman–Crippen MR) is 113 cm³/mol. The van der Waals surface area contributed by atoms with Gasteiger partial charge >= 0.3 is 5.97 Å². The molecule has 0 unspecified atom stereocenters. The van der Waals surface area contributed by atoms with Gasteiger partial charge in [-0.1, -0.05) is 42.5 Å². The van der Waals surface area contributed by atoms with Crippen molar-refractivity contribution in [2.75, 3.05) is 5.32 Å². The number of carbonyl (C=O) groups excluding carboxylic acids is 3. The molecule has 0 saturated heterocycles. The van der Waals surface area contributed by atoms with Crippen molar-refractivity contribution in [1.29, 1.82) is 0 Å². The van der Waals surface area contributed by atoms with Gasteiger partial charge in [0.05, 0.1) is 28.4 Å². The Morgan fingerprint density at radius 1 is 0.871 bits per heavy atom. The molecule has 3 amide bonds. The summed E-state index contributed by atoms with van der Waals surface area (Å²) in [7, 11) is 0. The quantitative estimate of drug-likeness (QED) is 0.615. The topological polar surface area (TPSA) is 104 Å². The standard InChI is InChI=1S/C24H18N2O5/c1-14(15-7-3-2-4-8-15)26-22(28)17-12-11-16(13-19(17)23(26)29)21(27)25-20-10-6-5-9-18(20)24(30)31/h2-14H,1H3,(H,25,27)(H,30,31)/t14-/m1/s1. The van der Waals surface area contributed by atoms with E-state index in [0.29, 0.717) is 0 Å². The molecule has 0 radical (unpaired) electrons. The molecule has 154 valence electrons. The molecule has 7 heteroatoms. The molecule has 3 aromatic rings. The molecule has 1 aliphatic heterocycles. The van der Waals surface area contributed by atoms with Crippen LogP contribution in [0.5, 0.6) is 0 Å². The van der Waals surface area contributed by atoms with Gasteiger partial charge in [-0.25, -0.2) is 4.79 Å². The summed E-state index contributed by atoms with van der Waals surface area (Å²) >= 11 is 0. The van der Waals surface area contributed by atoms with E-state index in [1.165, 1.54) is 35.2 Å². The minimum absolute atomic E-state index is 0.0499. The van der Waals surface area contributed by atoms with Crippen molar-refractivity contribution in [3.8, 4) is 0 Å². The van der Waals surface area contributed by atoms with Gasteiger partial charge in [-0.3, -0.25) is 19.3 Å². The molecule has 3 aromatic carbocycles. The van der Waals surface area contributed by atoms with Gasteiger partial charge in [0.1, 0.15) is 0 Å². The predicted octanol–water partition coefficient (Wildman–Crippen LogP) is 3.99. The first-order valence-corrected chi connectivity index (χ1v) is 9.59. The van der Waals surface area contributed by atoms with Crippen molar-refractivity contribution < 1.29 is 24.3 Å². The summed E-state index contributed by atoms with van der Waals surface area (Å²) in [5, 5.41) is 11.8. The summed E-state index contributed by atoms with van der Waals surface area (Å²) in [4.78, 5) is 51.1. The van der Waals surface area contributed by atoms with Gasteiger partial charge in [-0.2, -0.15) is 0 Å². The van der Waals surface area contributed by atoms with Gasteiger partial charge in [0, 0.05) is 5.56 Å². The molecule has 0 fully saturated rings. The number of carboxylic acids is 1. The Hall–Kier alpha value is -4.26. The Morgan fingerprint density at radius 2 is 1.52 bits per heavy atom. The van der Waals surface area contributed by atoms with Gasteiger partial charge in [0.15, 0.2) is 0 Å². The number of hydrogen-bond donors (Lipinski definition) is 2. The average molecular weight is 414 g/mol. The third-order valence-electron chi connectivity index (χ3n) is 5.26. The highest BCUT2D eigenvalue weighted by atomic mass is 16.4. The summed E-state index contributed by atoms with van der Waals surface area (Å²) in [6.45, 7) is 1.77. The smallest absolute Gasteiger partial charge is 0.337 e. The Balaban J connectivity index is 1.62. The lowest BCUT2D eigenvalue weighted by Crippen LogP contribution is -2.32. The summed E-state index contributed by atoms with van der Waals surface area (Å²) in [5.41, 5.74) is 1.44. The second-order valence-corrected chi connectivity index (χ2v) is 7.13. The van der Waals surface area contributed by atoms with Crippen molar-refractivity contribution in [3.63, 3.8) is 0 Å². The second kappa shape index (κ2) is 7.87. The molecule has 1 aliphatic rings. The van der Waals surface area contributed by atoms with Crippen LogP contribution in [-0.2, 0) is 0 Å². The van der Waals surface area contributed by atoms with Crippen LogP contribution < -0.4 is 5.32 Å². The second-order valence-electron chi connectivity index (χ2n) is 7.13. The van der Waals surface area contributed by atoms with Crippen LogP contribution in [-0.4, -0.2) is 33.7 Å². The lowest BCUT2D eigenvalue weighted by atomic mass is 10.0. The number of amides is 3. The van der Waals surface area contributed by atoms with Crippen LogP contribution in [0.3, 0.4) is 0 Å². The molecule has 0 spiro atoms. The highest BCUT2D eigenvalue weighted by Gasteiger charge is 2.39. The minimum atomic E-state index is -1.17. The number of rotatable bonds is 5. The van der Waals surface area contributed by atoms with Crippen LogP contribution >= 0.6 is 0 Å². The van der Waals surface area contributed by atoms with Crippen molar-refractivity contribution in [2.24, 2.45) is 0 Å². The third-order valence-corrected chi connectivity index (χ3v) is 5.26. The normalized spacial score (nSPS) is 13.6. The van der Waals surface area contributed by atoms with Crippen molar-refractivity contribution in [3.05, 3.63) is 101 Å². The maximum atomic E-state index is 13.0. The molecule has 1 heterocycles. The van der Waals surface area contributed by atoms with Crippen molar-refractivity contribution in [2.45, 2.75) is 13.0 Å². The van der Waals surface area contributed by atoms with Gasteiger partial charge in [-0.05, 0) is 42.8 Å². The molecule has 2 N–H and O–H groups in total. The SMILES string of the molecule is C[C@H](c1ccccc1)N1C(=O)c2ccc(C(=O)Nc3ccccc3C(=O)O)cc2C1=O. The van der Waals surface area contributed by atoms with Crippen molar-refractivity contribution in [1.82, 2.24) is 4.90 Å². The zero-order chi connectivity index (χ0) is 22.1. The van der Waals surface area contributed by atoms with Gasteiger partial charge < -0.3 is 10.4 Å². The van der Waals surface area contributed by atoms with E-state index in [0.717, 1.165) is 5.56 Å². The summed E-state index contributed by atoms with van der Waals surface area (Å²) < 4.78 is 0. The number of benzene rings is 3. The molecule has 1 atom stereocenters. The molecule has 0 aliphatic carbocycles.